The molecule has 0 aromatic rings. The predicted molar refractivity (Wildman–Crippen MR) is 67.8 cm³/mol. The van der Waals surface area contributed by atoms with E-state index in [2.05, 4.69) is 28.4 Å². The summed E-state index contributed by atoms with van der Waals surface area (Å²) < 4.78 is 4.63. The number of nitrogens with two attached hydrogens (primary N) is 1. The Bertz CT molecular complexity index is 240. The summed E-state index contributed by atoms with van der Waals surface area (Å²) in [6.07, 6.45) is 1.18. The number of carbonyl (C=O) groups is 1. The van der Waals surface area contributed by atoms with Gasteiger partial charge in [0.15, 0.2) is 0 Å². The smallest absolute Gasteiger partial charge is 0.323 e. The Morgan fingerprint density at radius 2 is 1.94 bits per heavy atom. The minimum Gasteiger partial charge on any atom is -0.468 e. The van der Waals surface area contributed by atoms with Gasteiger partial charge < -0.3 is 10.5 Å². The zero-order valence-electron chi connectivity index (χ0n) is 11.2. The van der Waals surface area contributed by atoms with Crippen molar-refractivity contribution in [1.82, 2.24) is 9.80 Å². The Kier molecular flexibility index (Phi) is 5.88. The van der Waals surface area contributed by atoms with Crippen LogP contribution in [0.5, 0.6) is 0 Å². The van der Waals surface area contributed by atoms with E-state index in [-0.39, 0.29) is 5.97 Å². The van der Waals surface area contributed by atoms with Gasteiger partial charge in [-0.2, -0.15) is 0 Å². The van der Waals surface area contributed by atoms with Gasteiger partial charge in [0.1, 0.15) is 6.04 Å². The molecule has 0 aliphatic carbocycles. The lowest BCUT2D eigenvalue weighted by atomic mass is 10.2. The van der Waals surface area contributed by atoms with E-state index in [4.69, 9.17) is 5.73 Å². The molecule has 100 valence electrons. The molecule has 1 fully saturated rings. The van der Waals surface area contributed by atoms with Crippen LogP contribution < -0.4 is 5.73 Å². The van der Waals surface area contributed by atoms with Crippen molar-refractivity contribution < 1.29 is 9.53 Å². The largest absolute Gasteiger partial charge is 0.468 e. The van der Waals surface area contributed by atoms with E-state index in [0.717, 1.165) is 26.2 Å². The lowest BCUT2D eigenvalue weighted by molar-refractivity contribution is -0.142. The van der Waals surface area contributed by atoms with Gasteiger partial charge in [0.2, 0.25) is 0 Å². The third-order valence-corrected chi connectivity index (χ3v) is 3.58. The third kappa shape index (κ3) is 4.26. The van der Waals surface area contributed by atoms with Gasteiger partial charge in [0, 0.05) is 38.8 Å². The van der Waals surface area contributed by atoms with Crippen LogP contribution in [-0.2, 0) is 9.53 Å². The summed E-state index contributed by atoms with van der Waals surface area (Å²) in [6.45, 7) is 9.15. The third-order valence-electron chi connectivity index (χ3n) is 3.58. The molecule has 17 heavy (non-hydrogen) atoms. The molecule has 5 nitrogen and oxygen atoms in total. The molecule has 0 aromatic carbocycles. The van der Waals surface area contributed by atoms with Gasteiger partial charge >= 0.3 is 5.97 Å². The second-order valence-electron chi connectivity index (χ2n) is 4.72. The maximum atomic E-state index is 11.2. The average molecular weight is 243 g/mol. The molecular formula is C12H25N3O2. The molecule has 0 amide bonds. The van der Waals surface area contributed by atoms with Crippen LogP contribution in [0.2, 0.25) is 0 Å². The number of hydrogen-bond donors (Lipinski definition) is 1. The molecule has 2 N–H and O–H groups in total. The normalized spacial score (nSPS) is 22.1. The van der Waals surface area contributed by atoms with E-state index in [1.54, 1.807) is 0 Å². The van der Waals surface area contributed by atoms with Crippen molar-refractivity contribution in [2.24, 2.45) is 5.73 Å². The number of esters is 1. The second kappa shape index (κ2) is 6.93. The van der Waals surface area contributed by atoms with E-state index in [9.17, 15) is 4.79 Å². The highest BCUT2D eigenvalue weighted by Gasteiger charge is 2.23. The Morgan fingerprint density at radius 3 is 2.41 bits per heavy atom. The quantitative estimate of drug-likeness (QED) is 0.684. The topological polar surface area (TPSA) is 58.8 Å². The summed E-state index contributed by atoms with van der Waals surface area (Å²) in [5.41, 5.74) is 5.75. The van der Waals surface area contributed by atoms with Gasteiger partial charge in [-0.05, 0) is 13.3 Å². The first-order valence-corrected chi connectivity index (χ1v) is 6.38. The maximum Gasteiger partial charge on any atom is 0.323 e. The van der Waals surface area contributed by atoms with Crippen molar-refractivity contribution >= 4 is 5.97 Å². The first-order valence-electron chi connectivity index (χ1n) is 6.38. The Hall–Kier alpha value is -0.650. The number of ether oxygens (including phenoxy) is 1. The minimum absolute atomic E-state index is 0.325. The molecule has 0 saturated carbocycles. The fraction of sp³-hybridized carbons (Fsp3) is 0.917. The molecule has 0 spiro atoms. The first-order chi connectivity index (χ1) is 8.08. The number of carbonyl (C=O) groups excluding carboxylic acids is 1. The molecular weight excluding hydrogens is 218 g/mol. The summed E-state index contributed by atoms with van der Waals surface area (Å²) in [5, 5.41) is 0. The van der Waals surface area contributed by atoms with Gasteiger partial charge in [0.25, 0.3) is 0 Å². The summed E-state index contributed by atoms with van der Waals surface area (Å²) in [7, 11) is 1.38. The molecule has 0 bridgehead atoms. The highest BCUT2D eigenvalue weighted by Crippen LogP contribution is 2.08. The van der Waals surface area contributed by atoms with Gasteiger partial charge in [-0.25, -0.2) is 0 Å². The predicted octanol–water partition coefficient (Wildman–Crippen LogP) is -0.0972. The van der Waals surface area contributed by atoms with E-state index < -0.39 is 6.04 Å². The van der Waals surface area contributed by atoms with Crippen molar-refractivity contribution in [3.05, 3.63) is 0 Å². The molecule has 1 saturated heterocycles. The zero-order chi connectivity index (χ0) is 12.8. The van der Waals surface area contributed by atoms with E-state index >= 15 is 0 Å². The molecule has 2 unspecified atom stereocenters. The van der Waals surface area contributed by atoms with E-state index in [1.165, 1.54) is 13.5 Å². The molecule has 1 aliphatic rings. The van der Waals surface area contributed by atoms with Crippen molar-refractivity contribution in [3.63, 3.8) is 0 Å². The average Bonchev–Trinajstić information content (AvgIpc) is 2.37. The van der Waals surface area contributed by atoms with Crippen molar-refractivity contribution in [1.29, 1.82) is 0 Å². The highest BCUT2D eigenvalue weighted by molar-refractivity contribution is 5.75. The number of piperazine rings is 1. The Labute approximate surface area is 104 Å². The van der Waals surface area contributed by atoms with Crippen LogP contribution in [-0.4, -0.2) is 67.7 Å². The summed E-state index contributed by atoms with van der Waals surface area (Å²) in [6, 6.07) is 0.126. The van der Waals surface area contributed by atoms with Gasteiger partial charge in [-0.1, -0.05) is 6.92 Å². The fourth-order valence-corrected chi connectivity index (χ4v) is 2.15. The van der Waals surface area contributed by atoms with Crippen LogP contribution in [0.4, 0.5) is 0 Å². The highest BCUT2D eigenvalue weighted by atomic mass is 16.5. The second-order valence-corrected chi connectivity index (χ2v) is 4.72. The number of nitrogens with zero attached hydrogens (tertiary/aromatic N) is 2. The maximum absolute atomic E-state index is 11.2. The zero-order valence-corrected chi connectivity index (χ0v) is 11.2. The summed E-state index contributed by atoms with van der Waals surface area (Å²) >= 11 is 0. The SMILES string of the molecule is CCC(C)N1CCN(CC(N)C(=O)OC)CC1. The van der Waals surface area contributed by atoms with E-state index in [0.29, 0.717) is 12.6 Å². The first kappa shape index (κ1) is 14.4. The Morgan fingerprint density at radius 1 is 1.35 bits per heavy atom. The molecule has 2 atom stereocenters. The van der Waals surface area contributed by atoms with Crippen LogP contribution >= 0.6 is 0 Å². The molecule has 0 radical (unpaired) electrons. The standard InChI is InChI=1S/C12H25N3O2/c1-4-10(2)15-7-5-14(6-8-15)9-11(13)12(16)17-3/h10-11H,4-9,13H2,1-3H3. The lowest BCUT2D eigenvalue weighted by Crippen LogP contribution is -2.53. The number of rotatable bonds is 5. The molecule has 1 rings (SSSR count). The van der Waals surface area contributed by atoms with Gasteiger partial charge in [0.05, 0.1) is 7.11 Å². The lowest BCUT2D eigenvalue weighted by Gasteiger charge is -2.38. The van der Waals surface area contributed by atoms with Crippen LogP contribution in [0.25, 0.3) is 0 Å². The number of methoxy groups -OCH3 is 1. The van der Waals surface area contributed by atoms with Crippen LogP contribution in [0, 0.1) is 0 Å². The number of hydrogen-bond acceptors (Lipinski definition) is 5. The molecule has 1 heterocycles. The summed E-state index contributed by atoms with van der Waals surface area (Å²) in [5.74, 6) is -0.325. The van der Waals surface area contributed by atoms with Crippen LogP contribution in [0.15, 0.2) is 0 Å². The Balaban J connectivity index is 2.30. The molecule has 1 aliphatic heterocycles. The fourth-order valence-electron chi connectivity index (χ4n) is 2.15. The summed E-state index contributed by atoms with van der Waals surface area (Å²) in [4.78, 5) is 15.9. The van der Waals surface area contributed by atoms with Crippen molar-refractivity contribution in [2.45, 2.75) is 32.4 Å². The minimum atomic E-state index is -0.518. The van der Waals surface area contributed by atoms with Gasteiger partial charge in [-0.15, -0.1) is 0 Å². The monoisotopic (exact) mass is 243 g/mol. The van der Waals surface area contributed by atoms with Crippen molar-refractivity contribution in [3.8, 4) is 0 Å². The molecule has 5 heteroatoms. The molecule has 0 aromatic heterocycles. The van der Waals surface area contributed by atoms with Gasteiger partial charge in [-0.3, -0.25) is 14.6 Å². The van der Waals surface area contributed by atoms with Crippen LogP contribution in [0.3, 0.4) is 0 Å². The van der Waals surface area contributed by atoms with Crippen LogP contribution in [0.1, 0.15) is 20.3 Å². The van der Waals surface area contributed by atoms with E-state index in [1.807, 2.05) is 0 Å². The van der Waals surface area contributed by atoms with Crippen molar-refractivity contribution in [2.75, 3.05) is 39.8 Å².